The molecule has 0 aromatic carbocycles. The van der Waals surface area contributed by atoms with Crippen molar-refractivity contribution in [3.8, 4) is 0 Å². The number of thiocarbonyl (C=S) groups is 1. The molecule has 0 unspecified atom stereocenters. The van der Waals surface area contributed by atoms with E-state index in [2.05, 4.69) is 5.10 Å². The van der Waals surface area contributed by atoms with Crippen LogP contribution in [0.25, 0.3) is 0 Å². The molecule has 0 saturated heterocycles. The third kappa shape index (κ3) is 2.85. The molecule has 20 heavy (non-hydrogen) atoms. The summed E-state index contributed by atoms with van der Waals surface area (Å²) in [6.45, 7) is 4.14. The Morgan fingerprint density at radius 2 is 2.05 bits per heavy atom. The standard InChI is InChI=1S/C14H22N4OS/c1-9-13(10(2)17(3)16-9)14(19)18(8-12(15)20)11-6-4-5-7-11/h11H,4-8H2,1-3H3,(H2,15,20). The second-order valence-corrected chi connectivity index (χ2v) is 6.03. The largest absolute Gasteiger partial charge is 0.392 e. The smallest absolute Gasteiger partial charge is 0.258 e. The third-order valence-electron chi connectivity index (χ3n) is 4.08. The molecule has 1 aliphatic rings. The second kappa shape index (κ2) is 5.91. The fraction of sp³-hybridized carbons (Fsp3) is 0.643. The molecule has 1 heterocycles. The van der Waals surface area contributed by atoms with Gasteiger partial charge in [0, 0.05) is 18.8 Å². The number of carbonyl (C=O) groups is 1. The van der Waals surface area contributed by atoms with Crippen molar-refractivity contribution in [1.29, 1.82) is 0 Å². The number of amides is 1. The molecule has 0 radical (unpaired) electrons. The molecule has 1 saturated carbocycles. The Hall–Kier alpha value is -1.43. The molecule has 1 fully saturated rings. The van der Waals surface area contributed by atoms with Crippen LogP contribution in [0.15, 0.2) is 0 Å². The third-order valence-corrected chi connectivity index (χ3v) is 4.20. The molecule has 1 aromatic rings. The van der Waals surface area contributed by atoms with E-state index in [1.165, 1.54) is 0 Å². The van der Waals surface area contributed by atoms with Gasteiger partial charge in [-0.15, -0.1) is 0 Å². The van der Waals surface area contributed by atoms with E-state index in [0.29, 0.717) is 17.1 Å². The van der Waals surface area contributed by atoms with Gasteiger partial charge in [0.25, 0.3) is 5.91 Å². The van der Waals surface area contributed by atoms with Gasteiger partial charge in [-0.2, -0.15) is 5.10 Å². The Kier molecular flexibility index (Phi) is 4.42. The highest BCUT2D eigenvalue weighted by molar-refractivity contribution is 7.80. The van der Waals surface area contributed by atoms with Gasteiger partial charge in [0.05, 0.1) is 22.8 Å². The normalized spacial score (nSPS) is 15.6. The van der Waals surface area contributed by atoms with E-state index in [4.69, 9.17) is 18.0 Å². The lowest BCUT2D eigenvalue weighted by Gasteiger charge is -2.28. The summed E-state index contributed by atoms with van der Waals surface area (Å²) in [5.74, 6) is 0.00722. The summed E-state index contributed by atoms with van der Waals surface area (Å²) in [5, 5.41) is 4.32. The number of hydrogen-bond acceptors (Lipinski definition) is 3. The van der Waals surface area contributed by atoms with Crippen molar-refractivity contribution in [2.75, 3.05) is 6.54 Å². The minimum Gasteiger partial charge on any atom is -0.392 e. The van der Waals surface area contributed by atoms with Gasteiger partial charge >= 0.3 is 0 Å². The number of rotatable bonds is 4. The lowest BCUT2D eigenvalue weighted by molar-refractivity contribution is 0.0713. The van der Waals surface area contributed by atoms with E-state index in [9.17, 15) is 4.79 Å². The molecule has 0 spiro atoms. The minimum absolute atomic E-state index is 0.00722. The van der Waals surface area contributed by atoms with E-state index >= 15 is 0 Å². The van der Waals surface area contributed by atoms with Crippen molar-refractivity contribution in [2.24, 2.45) is 12.8 Å². The summed E-state index contributed by atoms with van der Waals surface area (Å²) in [5.41, 5.74) is 8.02. The van der Waals surface area contributed by atoms with Crippen LogP contribution in [0.1, 0.15) is 47.4 Å². The van der Waals surface area contributed by atoms with E-state index in [-0.39, 0.29) is 11.9 Å². The molecule has 2 rings (SSSR count). The van der Waals surface area contributed by atoms with Crippen molar-refractivity contribution >= 4 is 23.1 Å². The van der Waals surface area contributed by atoms with Crippen LogP contribution in [-0.4, -0.2) is 38.2 Å². The lowest BCUT2D eigenvalue weighted by atomic mass is 10.1. The van der Waals surface area contributed by atoms with Crippen molar-refractivity contribution in [3.05, 3.63) is 17.0 Å². The van der Waals surface area contributed by atoms with Gasteiger partial charge in [0.2, 0.25) is 0 Å². The van der Waals surface area contributed by atoms with Crippen LogP contribution in [0.2, 0.25) is 0 Å². The van der Waals surface area contributed by atoms with Gasteiger partial charge in [0.15, 0.2) is 0 Å². The maximum absolute atomic E-state index is 12.9. The van der Waals surface area contributed by atoms with Gasteiger partial charge in [-0.25, -0.2) is 0 Å². The second-order valence-electron chi connectivity index (χ2n) is 5.51. The first kappa shape index (κ1) is 15.0. The van der Waals surface area contributed by atoms with Crippen LogP contribution in [0.3, 0.4) is 0 Å². The Bertz CT molecular complexity index is 532. The van der Waals surface area contributed by atoms with Crippen LogP contribution < -0.4 is 5.73 Å². The average molecular weight is 294 g/mol. The van der Waals surface area contributed by atoms with E-state index < -0.39 is 0 Å². The maximum Gasteiger partial charge on any atom is 0.258 e. The van der Waals surface area contributed by atoms with E-state index in [1.54, 1.807) is 4.68 Å². The first-order valence-electron chi connectivity index (χ1n) is 7.01. The highest BCUT2D eigenvalue weighted by Gasteiger charge is 2.30. The topological polar surface area (TPSA) is 64.2 Å². The zero-order valence-electron chi connectivity index (χ0n) is 12.3. The number of aromatic nitrogens is 2. The minimum atomic E-state index is 0.00722. The van der Waals surface area contributed by atoms with Crippen molar-refractivity contribution in [1.82, 2.24) is 14.7 Å². The summed E-state index contributed by atoms with van der Waals surface area (Å²) in [6, 6.07) is 0.253. The molecule has 6 heteroatoms. The molecule has 2 N–H and O–H groups in total. The average Bonchev–Trinajstić information content (AvgIpc) is 2.96. The van der Waals surface area contributed by atoms with Gasteiger partial charge in [0.1, 0.15) is 0 Å². The number of hydrogen-bond donors (Lipinski definition) is 1. The highest BCUT2D eigenvalue weighted by Crippen LogP contribution is 2.26. The molecule has 0 bridgehead atoms. The van der Waals surface area contributed by atoms with Crippen molar-refractivity contribution in [2.45, 2.75) is 45.6 Å². The summed E-state index contributed by atoms with van der Waals surface area (Å²) < 4.78 is 1.75. The highest BCUT2D eigenvalue weighted by atomic mass is 32.1. The zero-order valence-corrected chi connectivity index (χ0v) is 13.2. The number of nitrogens with zero attached hydrogens (tertiary/aromatic N) is 3. The molecule has 110 valence electrons. The number of aryl methyl sites for hydroxylation is 2. The SMILES string of the molecule is Cc1nn(C)c(C)c1C(=O)N(CC(N)=S)C1CCCC1. The lowest BCUT2D eigenvalue weighted by Crippen LogP contribution is -2.44. The monoisotopic (exact) mass is 294 g/mol. The summed E-state index contributed by atoms with van der Waals surface area (Å²) in [4.78, 5) is 15.1. The van der Waals surface area contributed by atoms with Gasteiger partial charge < -0.3 is 10.6 Å². The van der Waals surface area contributed by atoms with Crippen LogP contribution >= 0.6 is 12.2 Å². The van der Waals surface area contributed by atoms with Gasteiger partial charge in [-0.1, -0.05) is 25.1 Å². The Balaban J connectivity index is 2.32. The summed E-state index contributed by atoms with van der Waals surface area (Å²) in [7, 11) is 1.85. The van der Waals surface area contributed by atoms with Crippen LogP contribution in [0, 0.1) is 13.8 Å². The molecule has 0 aliphatic heterocycles. The quantitative estimate of drug-likeness (QED) is 0.859. The molecule has 5 nitrogen and oxygen atoms in total. The molecular weight excluding hydrogens is 272 g/mol. The van der Waals surface area contributed by atoms with Crippen molar-refractivity contribution < 1.29 is 4.79 Å². The number of nitrogens with two attached hydrogens (primary N) is 1. The predicted molar refractivity (Wildman–Crippen MR) is 82.8 cm³/mol. The molecular formula is C14H22N4OS. The number of carbonyl (C=O) groups excluding carboxylic acids is 1. The van der Waals surface area contributed by atoms with Crippen LogP contribution in [-0.2, 0) is 7.05 Å². The predicted octanol–water partition coefficient (Wildman–Crippen LogP) is 1.71. The fourth-order valence-electron chi connectivity index (χ4n) is 2.98. The first-order chi connectivity index (χ1) is 9.41. The Morgan fingerprint density at radius 1 is 1.45 bits per heavy atom. The van der Waals surface area contributed by atoms with E-state index in [1.807, 2.05) is 25.8 Å². The van der Waals surface area contributed by atoms with Crippen molar-refractivity contribution in [3.63, 3.8) is 0 Å². The molecule has 0 atom stereocenters. The van der Waals surface area contributed by atoms with E-state index in [0.717, 1.165) is 37.1 Å². The van der Waals surface area contributed by atoms with Gasteiger partial charge in [-0.05, 0) is 26.7 Å². The van der Waals surface area contributed by atoms with Gasteiger partial charge in [-0.3, -0.25) is 9.48 Å². The maximum atomic E-state index is 12.9. The van der Waals surface area contributed by atoms with Crippen LogP contribution in [0.5, 0.6) is 0 Å². The van der Waals surface area contributed by atoms with Crippen LogP contribution in [0.4, 0.5) is 0 Å². The molecule has 1 aromatic heterocycles. The summed E-state index contributed by atoms with van der Waals surface area (Å²) >= 11 is 5.01. The zero-order chi connectivity index (χ0) is 14.9. The first-order valence-corrected chi connectivity index (χ1v) is 7.42. The fourth-order valence-corrected chi connectivity index (χ4v) is 3.12. The Labute approximate surface area is 125 Å². The molecule has 1 aliphatic carbocycles. The Morgan fingerprint density at radius 3 is 2.50 bits per heavy atom. The molecule has 1 amide bonds. The summed E-state index contributed by atoms with van der Waals surface area (Å²) in [6.07, 6.45) is 4.40.